The fraction of sp³-hybridized carbons (Fsp3) is 0.304. The molecule has 6 heteroatoms. The number of hydrogen-bond acceptors (Lipinski definition) is 5. The van der Waals surface area contributed by atoms with Crippen molar-refractivity contribution in [1.29, 1.82) is 0 Å². The van der Waals surface area contributed by atoms with E-state index in [1.165, 1.54) is 6.07 Å². The Labute approximate surface area is 169 Å². The van der Waals surface area contributed by atoms with Gasteiger partial charge in [-0.1, -0.05) is 18.2 Å². The minimum atomic E-state index is -0.537. The molecule has 0 aliphatic carbocycles. The molecule has 1 aromatic heterocycles. The molecule has 2 aromatic carbocycles. The highest BCUT2D eigenvalue weighted by Crippen LogP contribution is 2.25. The summed E-state index contributed by atoms with van der Waals surface area (Å²) in [5.74, 6) is 0.463. The number of anilines is 1. The van der Waals surface area contributed by atoms with Gasteiger partial charge in [-0.25, -0.2) is 4.79 Å². The zero-order valence-corrected chi connectivity index (χ0v) is 16.6. The van der Waals surface area contributed by atoms with Crippen molar-refractivity contribution in [3.05, 3.63) is 70.6 Å². The van der Waals surface area contributed by atoms with Gasteiger partial charge in [-0.15, -0.1) is 0 Å². The Bertz CT molecular complexity index is 1070. The number of ether oxygens (including phenoxy) is 1. The van der Waals surface area contributed by atoms with Crippen LogP contribution in [-0.2, 0) is 0 Å². The van der Waals surface area contributed by atoms with Gasteiger partial charge in [0.25, 0.3) is 5.91 Å². The van der Waals surface area contributed by atoms with Crippen LogP contribution in [0.5, 0.6) is 5.75 Å². The second-order valence-corrected chi connectivity index (χ2v) is 7.42. The van der Waals surface area contributed by atoms with E-state index in [-0.39, 0.29) is 12.0 Å². The molecule has 0 atom stereocenters. The van der Waals surface area contributed by atoms with Gasteiger partial charge < -0.3 is 19.0 Å². The minimum Gasteiger partial charge on any atom is -0.491 e. The van der Waals surface area contributed by atoms with Crippen LogP contribution in [0.15, 0.2) is 63.8 Å². The molecule has 1 fully saturated rings. The molecule has 2 heterocycles. The molecule has 3 aromatic rings. The lowest BCUT2D eigenvalue weighted by Gasteiger charge is -2.36. The molecular weight excluding hydrogens is 368 g/mol. The van der Waals surface area contributed by atoms with Crippen molar-refractivity contribution < 1.29 is 13.9 Å². The van der Waals surface area contributed by atoms with Crippen LogP contribution in [0.25, 0.3) is 11.0 Å². The summed E-state index contributed by atoms with van der Waals surface area (Å²) in [6.07, 6.45) is 0.00453. The number of carbonyl (C=O) groups excluding carboxylic acids is 1. The molecule has 1 aliphatic rings. The monoisotopic (exact) mass is 392 g/mol. The maximum atomic E-state index is 13.2. The normalized spacial score (nSPS) is 14.4. The predicted molar refractivity (Wildman–Crippen MR) is 113 cm³/mol. The van der Waals surface area contributed by atoms with E-state index in [4.69, 9.17) is 9.15 Å². The van der Waals surface area contributed by atoms with Crippen molar-refractivity contribution in [2.75, 3.05) is 31.1 Å². The van der Waals surface area contributed by atoms with Crippen LogP contribution < -0.4 is 15.3 Å². The maximum absolute atomic E-state index is 13.2. The van der Waals surface area contributed by atoms with E-state index in [0.717, 1.165) is 18.8 Å². The van der Waals surface area contributed by atoms with Crippen LogP contribution in [0.2, 0.25) is 0 Å². The number of piperazine rings is 1. The summed E-state index contributed by atoms with van der Waals surface area (Å²) < 4.78 is 11.0. The third-order valence-corrected chi connectivity index (χ3v) is 5.01. The van der Waals surface area contributed by atoms with E-state index in [1.54, 1.807) is 23.1 Å². The second kappa shape index (κ2) is 7.99. The topological polar surface area (TPSA) is 63.0 Å². The van der Waals surface area contributed by atoms with Gasteiger partial charge in [0, 0.05) is 49.4 Å². The lowest BCUT2D eigenvalue weighted by Crippen LogP contribution is -2.48. The highest BCUT2D eigenvalue weighted by Gasteiger charge is 2.24. The molecule has 0 spiro atoms. The van der Waals surface area contributed by atoms with E-state index in [1.807, 2.05) is 32.0 Å². The van der Waals surface area contributed by atoms with Gasteiger partial charge in [-0.2, -0.15) is 0 Å². The van der Waals surface area contributed by atoms with E-state index in [2.05, 4.69) is 17.0 Å². The number of carbonyl (C=O) groups is 1. The summed E-state index contributed by atoms with van der Waals surface area (Å²) in [5, 5.41) is 0.621. The lowest BCUT2D eigenvalue weighted by molar-refractivity contribution is 0.0748. The van der Waals surface area contributed by atoms with Crippen molar-refractivity contribution in [2.45, 2.75) is 20.0 Å². The van der Waals surface area contributed by atoms with Gasteiger partial charge in [0.2, 0.25) is 0 Å². The Hall–Kier alpha value is -3.28. The number of hydrogen-bond donors (Lipinski definition) is 0. The highest BCUT2D eigenvalue weighted by molar-refractivity contribution is 6.05. The fourth-order valence-electron chi connectivity index (χ4n) is 3.64. The number of benzene rings is 2. The molecule has 0 saturated carbocycles. The van der Waals surface area contributed by atoms with Crippen LogP contribution in [-0.4, -0.2) is 43.1 Å². The average molecular weight is 392 g/mol. The van der Waals surface area contributed by atoms with E-state index >= 15 is 0 Å². The Morgan fingerprint density at radius 3 is 2.41 bits per heavy atom. The van der Waals surface area contributed by atoms with Crippen LogP contribution in [0.3, 0.4) is 0 Å². The van der Waals surface area contributed by atoms with Gasteiger partial charge in [0.1, 0.15) is 11.3 Å². The summed E-state index contributed by atoms with van der Waals surface area (Å²) in [5.41, 5.74) is 1.36. The minimum absolute atomic E-state index is 0.00453. The molecular formula is C23H24N2O4. The fourth-order valence-corrected chi connectivity index (χ4v) is 3.64. The molecule has 0 radical (unpaired) electrons. The summed E-state index contributed by atoms with van der Waals surface area (Å²) in [4.78, 5) is 29.3. The quantitative estimate of drug-likeness (QED) is 0.636. The predicted octanol–water partition coefficient (Wildman–Crippen LogP) is 3.54. The molecule has 0 unspecified atom stereocenters. The molecule has 1 saturated heterocycles. The number of rotatable bonds is 4. The molecule has 4 rings (SSSR count). The van der Waals surface area contributed by atoms with E-state index in [9.17, 15) is 9.59 Å². The smallest absolute Gasteiger partial charge is 0.337 e. The van der Waals surface area contributed by atoms with Crippen molar-refractivity contribution in [3.8, 4) is 5.75 Å². The number of nitrogens with zero attached hydrogens (tertiary/aromatic N) is 2. The second-order valence-electron chi connectivity index (χ2n) is 7.42. The average Bonchev–Trinajstić information content (AvgIpc) is 2.72. The third-order valence-electron chi connectivity index (χ3n) is 5.01. The molecule has 29 heavy (non-hydrogen) atoms. The molecule has 0 bridgehead atoms. The van der Waals surface area contributed by atoms with Gasteiger partial charge in [0.15, 0.2) is 0 Å². The van der Waals surface area contributed by atoms with E-state index in [0.29, 0.717) is 35.4 Å². The molecule has 1 aliphatic heterocycles. The van der Waals surface area contributed by atoms with Crippen molar-refractivity contribution in [3.63, 3.8) is 0 Å². The van der Waals surface area contributed by atoms with Crippen molar-refractivity contribution >= 4 is 22.6 Å². The lowest BCUT2D eigenvalue weighted by atomic mass is 10.1. The maximum Gasteiger partial charge on any atom is 0.337 e. The standard InChI is InChI=1S/C23H24N2O4/c1-16(2)28-18-8-9-19-20(15-22(26)29-21(19)14-18)23(27)25-12-10-24(11-13-25)17-6-4-3-5-7-17/h3-9,14-16H,10-13H2,1-2H3. The van der Waals surface area contributed by atoms with Gasteiger partial charge >= 0.3 is 5.63 Å². The Kier molecular flexibility index (Phi) is 5.25. The molecule has 150 valence electrons. The Morgan fingerprint density at radius 2 is 1.72 bits per heavy atom. The zero-order chi connectivity index (χ0) is 20.4. The van der Waals surface area contributed by atoms with Crippen molar-refractivity contribution in [2.24, 2.45) is 0 Å². The largest absolute Gasteiger partial charge is 0.491 e. The van der Waals surface area contributed by atoms with Gasteiger partial charge in [0.05, 0.1) is 11.7 Å². The SMILES string of the molecule is CC(C)Oc1ccc2c(C(=O)N3CCN(c4ccccc4)CC3)cc(=O)oc2c1. The summed E-state index contributed by atoms with van der Waals surface area (Å²) in [7, 11) is 0. The molecule has 1 amide bonds. The number of fused-ring (bicyclic) bond motifs is 1. The third kappa shape index (κ3) is 4.11. The Balaban J connectivity index is 1.56. The first-order valence-corrected chi connectivity index (χ1v) is 9.85. The number of para-hydroxylation sites is 1. The first kappa shape index (κ1) is 19.1. The van der Waals surface area contributed by atoms with Crippen LogP contribution in [0, 0.1) is 0 Å². The van der Waals surface area contributed by atoms with E-state index < -0.39 is 5.63 Å². The summed E-state index contributed by atoms with van der Waals surface area (Å²) in [6.45, 7) is 6.56. The van der Waals surface area contributed by atoms with Crippen LogP contribution in [0.4, 0.5) is 5.69 Å². The van der Waals surface area contributed by atoms with Crippen LogP contribution >= 0.6 is 0 Å². The molecule has 6 nitrogen and oxygen atoms in total. The summed E-state index contributed by atoms with van der Waals surface area (Å²) in [6, 6.07) is 16.7. The number of amides is 1. The first-order chi connectivity index (χ1) is 14.0. The highest BCUT2D eigenvalue weighted by atomic mass is 16.5. The first-order valence-electron chi connectivity index (χ1n) is 9.85. The summed E-state index contributed by atoms with van der Waals surface area (Å²) >= 11 is 0. The zero-order valence-electron chi connectivity index (χ0n) is 16.6. The molecule has 0 N–H and O–H groups in total. The van der Waals surface area contributed by atoms with Gasteiger partial charge in [-0.3, -0.25) is 4.79 Å². The Morgan fingerprint density at radius 1 is 1.00 bits per heavy atom. The van der Waals surface area contributed by atoms with Crippen LogP contribution in [0.1, 0.15) is 24.2 Å². The van der Waals surface area contributed by atoms with Gasteiger partial charge in [-0.05, 0) is 38.1 Å². The van der Waals surface area contributed by atoms with Crippen molar-refractivity contribution in [1.82, 2.24) is 4.90 Å².